The summed E-state index contributed by atoms with van der Waals surface area (Å²) in [6.07, 6.45) is 0. The van der Waals surface area contributed by atoms with Crippen LogP contribution in [0, 0.1) is 18.8 Å². The van der Waals surface area contributed by atoms with Crippen molar-refractivity contribution in [2.24, 2.45) is 11.8 Å². The van der Waals surface area contributed by atoms with Crippen LogP contribution < -0.4 is 9.64 Å². The van der Waals surface area contributed by atoms with Crippen molar-refractivity contribution in [2.45, 2.75) is 19.8 Å². The van der Waals surface area contributed by atoms with Gasteiger partial charge < -0.3 is 4.74 Å². The predicted molar refractivity (Wildman–Crippen MR) is 98.8 cm³/mol. The van der Waals surface area contributed by atoms with E-state index in [0.717, 1.165) is 14.9 Å². The fraction of sp³-hybridized carbons (Fsp3) is 0.250. The molecule has 1 fully saturated rings. The number of amides is 2. The van der Waals surface area contributed by atoms with Gasteiger partial charge in [-0.05, 0) is 37.3 Å². The average Bonchev–Trinajstić information content (AvgIpc) is 2.61. The van der Waals surface area contributed by atoms with E-state index in [-0.39, 0.29) is 5.91 Å². The molecule has 2 aliphatic rings. The third-order valence-corrected chi connectivity index (χ3v) is 5.58. The normalized spacial score (nSPS) is 24.8. The van der Waals surface area contributed by atoms with Crippen LogP contribution in [0.1, 0.15) is 24.0 Å². The van der Waals surface area contributed by atoms with Gasteiger partial charge in [-0.15, -0.1) is 0 Å². The van der Waals surface area contributed by atoms with E-state index in [0.29, 0.717) is 17.0 Å². The van der Waals surface area contributed by atoms with Crippen molar-refractivity contribution in [1.82, 2.24) is 0 Å². The lowest BCUT2D eigenvalue weighted by Crippen LogP contribution is -2.57. The highest BCUT2D eigenvalue weighted by Crippen LogP contribution is 2.47. The molecule has 0 bridgehead atoms. The van der Waals surface area contributed by atoms with Gasteiger partial charge in [0.05, 0.1) is 5.69 Å². The largest absolute Gasteiger partial charge is 0.426 e. The molecule has 2 amide bonds. The number of ether oxygens (including phenoxy) is 1. The molecule has 0 unspecified atom stereocenters. The summed E-state index contributed by atoms with van der Waals surface area (Å²) in [5.74, 6) is -3.10. The number of carbonyl (C=O) groups is 3. The van der Waals surface area contributed by atoms with Gasteiger partial charge in [-0.3, -0.25) is 14.4 Å². The number of aryl methyl sites for hydroxylation is 1. The van der Waals surface area contributed by atoms with E-state index in [9.17, 15) is 14.4 Å². The van der Waals surface area contributed by atoms with Crippen LogP contribution in [-0.2, 0) is 14.4 Å². The lowest BCUT2D eigenvalue weighted by molar-refractivity contribution is -0.151. The number of piperidine rings is 1. The van der Waals surface area contributed by atoms with Crippen LogP contribution >= 0.6 is 15.9 Å². The smallest absolute Gasteiger partial charge is 0.324 e. The zero-order chi connectivity index (χ0) is 18.6. The van der Waals surface area contributed by atoms with Crippen LogP contribution in [0.15, 0.2) is 46.9 Å². The highest BCUT2D eigenvalue weighted by atomic mass is 79.9. The molecule has 2 heterocycles. The van der Waals surface area contributed by atoms with Gasteiger partial charge in [0.25, 0.3) is 0 Å². The number of hydrogen-bond donors (Lipinski definition) is 0. The molecule has 0 spiro atoms. The monoisotopic (exact) mass is 413 g/mol. The maximum atomic E-state index is 13.1. The van der Waals surface area contributed by atoms with Crippen LogP contribution in [0.4, 0.5) is 5.69 Å². The van der Waals surface area contributed by atoms with Crippen LogP contribution in [0.2, 0.25) is 0 Å². The van der Waals surface area contributed by atoms with E-state index in [1.165, 1.54) is 0 Å². The molecule has 3 atom stereocenters. The molecule has 0 N–H and O–H groups in total. The zero-order valence-electron chi connectivity index (χ0n) is 14.2. The zero-order valence-corrected chi connectivity index (χ0v) is 15.8. The van der Waals surface area contributed by atoms with Crippen molar-refractivity contribution >= 4 is 39.4 Å². The number of rotatable bonds is 1. The first-order valence-corrected chi connectivity index (χ1v) is 9.13. The third-order valence-electron chi connectivity index (χ3n) is 5.08. The van der Waals surface area contributed by atoms with Crippen molar-refractivity contribution in [1.29, 1.82) is 0 Å². The van der Waals surface area contributed by atoms with Gasteiger partial charge in [-0.1, -0.05) is 40.5 Å². The summed E-state index contributed by atoms with van der Waals surface area (Å²) in [6, 6.07) is 12.4. The van der Waals surface area contributed by atoms with Crippen LogP contribution in [0.3, 0.4) is 0 Å². The van der Waals surface area contributed by atoms with E-state index in [4.69, 9.17) is 4.74 Å². The summed E-state index contributed by atoms with van der Waals surface area (Å²) in [5.41, 5.74) is 2.21. The lowest BCUT2D eigenvalue weighted by atomic mass is 9.72. The van der Waals surface area contributed by atoms with Crippen molar-refractivity contribution in [3.63, 3.8) is 0 Å². The van der Waals surface area contributed by atoms with Gasteiger partial charge in [-0.25, -0.2) is 4.90 Å². The quantitative estimate of drug-likeness (QED) is 0.310. The minimum absolute atomic E-state index is 0.305. The standard InChI is InChI=1S/C20H16BrNO4/c1-10-3-6-13(7-4-10)22-18(23)11(2)16-14-9-12(21)5-8-15(14)26-20(25)17(16)19(22)24/h3-9,11,16-17H,1-2H3/t11-,16+,17+/m0/s1. The number of halogens is 1. The number of benzene rings is 2. The molecule has 2 aliphatic heterocycles. The molecule has 6 heteroatoms. The van der Waals surface area contributed by atoms with Crippen LogP contribution in [-0.4, -0.2) is 17.8 Å². The predicted octanol–water partition coefficient (Wildman–Crippen LogP) is 3.59. The number of anilines is 1. The lowest BCUT2D eigenvalue weighted by Gasteiger charge is -2.42. The maximum Gasteiger partial charge on any atom is 0.324 e. The molecule has 0 aliphatic carbocycles. The number of carbonyl (C=O) groups excluding carboxylic acids is 3. The Hall–Kier alpha value is -2.47. The first-order valence-electron chi connectivity index (χ1n) is 8.34. The summed E-state index contributed by atoms with van der Waals surface area (Å²) in [6.45, 7) is 3.69. The third kappa shape index (κ3) is 2.48. The van der Waals surface area contributed by atoms with Gasteiger partial charge in [0.2, 0.25) is 11.8 Å². The van der Waals surface area contributed by atoms with Gasteiger partial charge in [0, 0.05) is 21.9 Å². The Labute approximate surface area is 159 Å². The number of imide groups is 1. The van der Waals surface area contributed by atoms with E-state index in [1.807, 2.05) is 25.1 Å². The Morgan fingerprint density at radius 2 is 1.69 bits per heavy atom. The Balaban J connectivity index is 1.82. The fourth-order valence-electron chi connectivity index (χ4n) is 3.74. The minimum atomic E-state index is -1.02. The summed E-state index contributed by atoms with van der Waals surface area (Å²) >= 11 is 3.41. The molecular weight excluding hydrogens is 398 g/mol. The summed E-state index contributed by atoms with van der Waals surface area (Å²) < 4.78 is 6.20. The first kappa shape index (κ1) is 17.0. The number of esters is 1. The molecule has 2 aromatic carbocycles. The van der Waals surface area contributed by atoms with E-state index in [2.05, 4.69) is 15.9 Å². The Morgan fingerprint density at radius 1 is 1.00 bits per heavy atom. The molecule has 26 heavy (non-hydrogen) atoms. The average molecular weight is 414 g/mol. The van der Waals surface area contributed by atoms with Crippen LogP contribution in [0.25, 0.3) is 0 Å². The summed E-state index contributed by atoms with van der Waals surface area (Å²) in [7, 11) is 0. The SMILES string of the molecule is Cc1ccc(N2C(=O)[C@@H]3C(=O)Oc4ccc(Br)cc4[C@H]3[C@H](C)C2=O)cc1. The Morgan fingerprint density at radius 3 is 2.38 bits per heavy atom. The summed E-state index contributed by atoms with van der Waals surface area (Å²) in [5, 5.41) is 0. The van der Waals surface area contributed by atoms with Crippen molar-refractivity contribution in [2.75, 3.05) is 4.90 Å². The van der Waals surface area contributed by atoms with Crippen LogP contribution in [0.5, 0.6) is 5.75 Å². The highest BCUT2D eigenvalue weighted by molar-refractivity contribution is 9.10. The molecule has 0 aromatic heterocycles. The second-order valence-electron chi connectivity index (χ2n) is 6.74. The van der Waals surface area contributed by atoms with E-state index in [1.54, 1.807) is 31.2 Å². The second kappa shape index (κ2) is 6.06. The molecule has 2 aromatic rings. The Bertz CT molecular complexity index is 937. The number of fused-ring (bicyclic) bond motifs is 3. The Kier molecular flexibility index (Phi) is 3.95. The molecule has 0 saturated carbocycles. The first-order chi connectivity index (χ1) is 12.4. The van der Waals surface area contributed by atoms with Crippen molar-refractivity contribution in [3.8, 4) is 5.75 Å². The molecule has 1 saturated heterocycles. The van der Waals surface area contributed by atoms with Gasteiger partial charge in [0.15, 0.2) is 0 Å². The molecule has 132 valence electrons. The topological polar surface area (TPSA) is 63.7 Å². The second-order valence-corrected chi connectivity index (χ2v) is 7.66. The molecule has 0 radical (unpaired) electrons. The summed E-state index contributed by atoms with van der Waals surface area (Å²) in [4.78, 5) is 39.8. The van der Waals surface area contributed by atoms with Gasteiger partial charge >= 0.3 is 5.97 Å². The van der Waals surface area contributed by atoms with Gasteiger partial charge in [0.1, 0.15) is 11.7 Å². The van der Waals surface area contributed by atoms with E-state index >= 15 is 0 Å². The van der Waals surface area contributed by atoms with Gasteiger partial charge in [-0.2, -0.15) is 0 Å². The maximum absolute atomic E-state index is 13.1. The molecule has 4 rings (SSSR count). The fourth-order valence-corrected chi connectivity index (χ4v) is 4.12. The van der Waals surface area contributed by atoms with Crippen molar-refractivity contribution < 1.29 is 19.1 Å². The van der Waals surface area contributed by atoms with E-state index < -0.39 is 29.6 Å². The minimum Gasteiger partial charge on any atom is -0.426 e. The number of nitrogens with zero attached hydrogens (tertiary/aromatic N) is 1. The molecule has 5 nitrogen and oxygen atoms in total. The van der Waals surface area contributed by atoms with Crippen molar-refractivity contribution in [3.05, 3.63) is 58.1 Å². The highest BCUT2D eigenvalue weighted by Gasteiger charge is 2.54. The number of hydrogen-bond acceptors (Lipinski definition) is 4. The molecular formula is C20H16BrNO4.